The molecule has 0 radical (unpaired) electrons. The van der Waals surface area contributed by atoms with Gasteiger partial charge in [0.25, 0.3) is 0 Å². The lowest BCUT2D eigenvalue weighted by atomic mass is 9.89. The lowest BCUT2D eigenvalue weighted by Crippen LogP contribution is -2.37. The van der Waals surface area contributed by atoms with Crippen molar-refractivity contribution in [2.75, 3.05) is 18.0 Å². The van der Waals surface area contributed by atoms with Gasteiger partial charge in [-0.25, -0.2) is 9.97 Å². The van der Waals surface area contributed by atoms with Crippen LogP contribution >= 0.6 is 0 Å². The molecule has 2 aromatic rings. The number of rotatable bonds is 3. The van der Waals surface area contributed by atoms with Gasteiger partial charge in [-0.2, -0.15) is 0 Å². The van der Waals surface area contributed by atoms with E-state index in [1.54, 1.807) is 0 Å². The van der Waals surface area contributed by atoms with E-state index in [-0.39, 0.29) is 11.7 Å². The molecule has 2 heterocycles. The Hall–Kier alpha value is -2.23. The monoisotopic (exact) mass is 309 g/mol. The second kappa shape index (κ2) is 6.49. The van der Waals surface area contributed by atoms with Gasteiger partial charge in [0, 0.05) is 36.5 Å². The highest BCUT2D eigenvalue weighted by atomic mass is 16.1. The molecule has 1 aromatic carbocycles. The van der Waals surface area contributed by atoms with Crippen molar-refractivity contribution < 1.29 is 4.79 Å². The number of aromatic nitrogens is 2. The smallest absolute Gasteiger partial charge is 0.225 e. The average Bonchev–Trinajstić information content (AvgIpc) is 2.57. The van der Waals surface area contributed by atoms with Crippen LogP contribution in [0.1, 0.15) is 40.0 Å². The van der Waals surface area contributed by atoms with Crippen LogP contribution in [0.4, 0.5) is 5.95 Å². The molecular weight excluding hydrogens is 286 g/mol. The van der Waals surface area contributed by atoms with E-state index in [2.05, 4.69) is 14.9 Å². The molecule has 1 aromatic heterocycles. The number of hydrogen-bond donors (Lipinski definition) is 0. The van der Waals surface area contributed by atoms with Crippen molar-refractivity contribution in [3.63, 3.8) is 0 Å². The standard InChI is InChI=1S/C19H23N3O/c1-13-4-6-16(7-5-13)18(23)17-8-10-22(11-9-17)19-20-12-14(2)15(3)21-19/h4-7,12,17H,8-11H2,1-3H3. The fraction of sp³-hybridized carbons (Fsp3) is 0.421. The number of carbonyl (C=O) groups excluding carboxylic acids is 1. The van der Waals surface area contributed by atoms with Gasteiger partial charge in [0.2, 0.25) is 5.95 Å². The molecule has 1 saturated heterocycles. The molecule has 0 bridgehead atoms. The minimum Gasteiger partial charge on any atom is -0.341 e. The number of hydrogen-bond acceptors (Lipinski definition) is 4. The summed E-state index contributed by atoms with van der Waals surface area (Å²) in [6, 6.07) is 7.89. The zero-order valence-electron chi connectivity index (χ0n) is 14.0. The molecule has 0 unspecified atom stereocenters. The van der Waals surface area contributed by atoms with Gasteiger partial charge in [-0.05, 0) is 39.2 Å². The summed E-state index contributed by atoms with van der Waals surface area (Å²) in [4.78, 5) is 23.8. The van der Waals surface area contributed by atoms with Gasteiger partial charge in [0.1, 0.15) is 0 Å². The molecule has 4 heteroatoms. The molecule has 1 aliphatic rings. The van der Waals surface area contributed by atoms with Crippen LogP contribution in [0.3, 0.4) is 0 Å². The summed E-state index contributed by atoms with van der Waals surface area (Å²) in [6.45, 7) is 7.74. The van der Waals surface area contributed by atoms with E-state index in [4.69, 9.17) is 0 Å². The van der Waals surface area contributed by atoms with Crippen LogP contribution in [0.15, 0.2) is 30.5 Å². The van der Waals surface area contributed by atoms with Gasteiger partial charge in [0.05, 0.1) is 0 Å². The fourth-order valence-corrected chi connectivity index (χ4v) is 2.96. The van der Waals surface area contributed by atoms with Crippen molar-refractivity contribution in [2.45, 2.75) is 33.6 Å². The number of carbonyl (C=O) groups is 1. The fourth-order valence-electron chi connectivity index (χ4n) is 2.96. The van der Waals surface area contributed by atoms with Crippen LogP contribution in [0, 0.1) is 26.7 Å². The summed E-state index contributed by atoms with van der Waals surface area (Å²) in [6.07, 6.45) is 3.60. The Morgan fingerprint density at radius 3 is 2.35 bits per heavy atom. The SMILES string of the molecule is Cc1ccc(C(=O)C2CCN(c3ncc(C)c(C)n3)CC2)cc1. The maximum atomic E-state index is 12.6. The number of anilines is 1. The third-order valence-corrected chi connectivity index (χ3v) is 4.70. The summed E-state index contributed by atoms with van der Waals surface area (Å²) in [7, 11) is 0. The Labute approximate surface area is 137 Å². The number of piperidine rings is 1. The van der Waals surface area contributed by atoms with Gasteiger partial charge in [-0.15, -0.1) is 0 Å². The minimum atomic E-state index is 0.112. The Morgan fingerprint density at radius 1 is 1.09 bits per heavy atom. The van der Waals surface area contributed by atoms with Gasteiger partial charge in [-0.1, -0.05) is 29.8 Å². The number of ketones is 1. The lowest BCUT2D eigenvalue weighted by molar-refractivity contribution is 0.0900. The zero-order valence-corrected chi connectivity index (χ0v) is 14.0. The zero-order chi connectivity index (χ0) is 16.4. The van der Waals surface area contributed by atoms with E-state index < -0.39 is 0 Å². The highest BCUT2D eigenvalue weighted by molar-refractivity contribution is 5.98. The van der Waals surface area contributed by atoms with E-state index in [9.17, 15) is 4.79 Å². The summed E-state index contributed by atoms with van der Waals surface area (Å²) >= 11 is 0. The van der Waals surface area contributed by atoms with Crippen molar-refractivity contribution in [3.8, 4) is 0 Å². The average molecular weight is 309 g/mol. The molecule has 0 N–H and O–H groups in total. The van der Waals surface area contributed by atoms with E-state index in [1.807, 2.05) is 51.2 Å². The third-order valence-electron chi connectivity index (χ3n) is 4.70. The van der Waals surface area contributed by atoms with E-state index in [1.165, 1.54) is 5.56 Å². The first-order chi connectivity index (χ1) is 11.0. The first-order valence-corrected chi connectivity index (χ1v) is 8.20. The summed E-state index contributed by atoms with van der Waals surface area (Å²) in [5.74, 6) is 1.17. The van der Waals surface area contributed by atoms with Crippen molar-refractivity contribution >= 4 is 11.7 Å². The third kappa shape index (κ3) is 3.41. The normalized spacial score (nSPS) is 15.7. The van der Waals surface area contributed by atoms with E-state index >= 15 is 0 Å². The molecule has 1 fully saturated rings. The Kier molecular flexibility index (Phi) is 4.42. The number of Topliss-reactive ketones (excluding diaryl/α,β-unsaturated/α-hetero) is 1. The lowest BCUT2D eigenvalue weighted by Gasteiger charge is -2.31. The topological polar surface area (TPSA) is 46.1 Å². The molecule has 0 amide bonds. The van der Waals surface area contributed by atoms with Crippen LogP contribution < -0.4 is 4.90 Å². The Bertz CT molecular complexity index is 701. The van der Waals surface area contributed by atoms with E-state index in [0.29, 0.717) is 0 Å². The van der Waals surface area contributed by atoms with Crippen LogP contribution in [-0.2, 0) is 0 Å². The van der Waals surface area contributed by atoms with Crippen molar-refractivity contribution in [1.29, 1.82) is 0 Å². The Balaban J connectivity index is 1.64. The Morgan fingerprint density at radius 2 is 1.74 bits per heavy atom. The van der Waals surface area contributed by atoms with Crippen molar-refractivity contribution in [2.24, 2.45) is 5.92 Å². The van der Waals surface area contributed by atoms with Gasteiger partial charge >= 0.3 is 0 Å². The maximum Gasteiger partial charge on any atom is 0.225 e. The van der Waals surface area contributed by atoms with Crippen LogP contribution in [0.5, 0.6) is 0 Å². The van der Waals surface area contributed by atoms with Crippen LogP contribution in [0.2, 0.25) is 0 Å². The highest BCUT2D eigenvalue weighted by Crippen LogP contribution is 2.24. The summed E-state index contributed by atoms with van der Waals surface area (Å²) in [5.41, 5.74) is 4.14. The van der Waals surface area contributed by atoms with Crippen molar-refractivity contribution in [3.05, 3.63) is 52.8 Å². The van der Waals surface area contributed by atoms with Gasteiger partial charge in [-0.3, -0.25) is 4.79 Å². The molecule has 0 atom stereocenters. The first kappa shape index (κ1) is 15.7. The second-order valence-corrected chi connectivity index (χ2v) is 6.43. The van der Waals surface area contributed by atoms with E-state index in [0.717, 1.165) is 48.7 Å². The highest BCUT2D eigenvalue weighted by Gasteiger charge is 2.26. The maximum absolute atomic E-state index is 12.6. The minimum absolute atomic E-state index is 0.112. The molecule has 0 aliphatic carbocycles. The molecule has 0 saturated carbocycles. The van der Waals surface area contributed by atoms with Crippen LogP contribution in [-0.4, -0.2) is 28.8 Å². The van der Waals surface area contributed by atoms with Gasteiger partial charge < -0.3 is 4.90 Å². The first-order valence-electron chi connectivity index (χ1n) is 8.20. The molecular formula is C19H23N3O. The van der Waals surface area contributed by atoms with Crippen LogP contribution in [0.25, 0.3) is 0 Å². The molecule has 3 rings (SSSR count). The quantitative estimate of drug-likeness (QED) is 0.814. The number of nitrogens with zero attached hydrogens (tertiary/aromatic N) is 3. The summed E-state index contributed by atoms with van der Waals surface area (Å²) in [5, 5.41) is 0. The summed E-state index contributed by atoms with van der Waals surface area (Å²) < 4.78 is 0. The predicted molar refractivity (Wildman–Crippen MR) is 92.0 cm³/mol. The predicted octanol–water partition coefficient (Wildman–Crippen LogP) is 3.50. The second-order valence-electron chi connectivity index (χ2n) is 6.43. The molecule has 120 valence electrons. The molecule has 1 aliphatic heterocycles. The largest absolute Gasteiger partial charge is 0.341 e. The van der Waals surface area contributed by atoms with Gasteiger partial charge in [0.15, 0.2) is 5.78 Å². The molecule has 0 spiro atoms. The number of aryl methyl sites for hydroxylation is 3. The van der Waals surface area contributed by atoms with Crippen molar-refractivity contribution in [1.82, 2.24) is 9.97 Å². The molecule has 23 heavy (non-hydrogen) atoms. The number of benzene rings is 1. The molecule has 4 nitrogen and oxygen atoms in total.